The summed E-state index contributed by atoms with van der Waals surface area (Å²) in [5.41, 5.74) is 0.905. The average molecular weight is 399 g/mol. The Morgan fingerprint density at radius 2 is 2.00 bits per heavy atom. The van der Waals surface area contributed by atoms with Gasteiger partial charge in [0.15, 0.2) is 17.2 Å². The molecule has 11 heteroatoms. The number of aromatic nitrogens is 3. The van der Waals surface area contributed by atoms with Crippen molar-refractivity contribution in [2.45, 2.75) is 18.9 Å². The van der Waals surface area contributed by atoms with Crippen LogP contribution in [0.4, 0.5) is 36.5 Å². The first-order chi connectivity index (χ1) is 14.0. The third kappa shape index (κ3) is 3.73. The molecule has 0 bridgehead atoms. The fraction of sp³-hybridized carbons (Fsp3) is 0.222. The smallest absolute Gasteiger partial charge is 0.411 e. The van der Waals surface area contributed by atoms with Gasteiger partial charge in [-0.3, -0.25) is 5.32 Å². The lowest BCUT2D eigenvalue weighted by Crippen LogP contribution is -2.13. The van der Waals surface area contributed by atoms with E-state index in [1.807, 2.05) is 6.07 Å². The molecule has 2 aromatic heterocycles. The van der Waals surface area contributed by atoms with E-state index in [0.29, 0.717) is 23.4 Å². The molecule has 1 aliphatic carbocycles. The maximum absolute atomic E-state index is 14.3. The number of nitriles is 1. The van der Waals surface area contributed by atoms with Crippen molar-refractivity contribution in [3.8, 4) is 6.07 Å². The molecule has 148 valence electrons. The molecule has 0 atom stereocenters. The van der Waals surface area contributed by atoms with Crippen molar-refractivity contribution in [3.05, 3.63) is 41.7 Å². The minimum absolute atomic E-state index is 0.124. The number of benzene rings is 1. The number of carbonyl (C=O) groups excluding carboxylic acids is 1. The van der Waals surface area contributed by atoms with Crippen LogP contribution in [0.3, 0.4) is 0 Å². The van der Waals surface area contributed by atoms with E-state index in [4.69, 9.17) is 0 Å². The SMILES string of the molecule is COC(=O)Nc1cc(Nc2cc(NC3CC3)c3ncc(C#N)n3n2)c(F)cc1F. The number of methoxy groups -OCH3 is 1. The molecule has 3 N–H and O–H groups in total. The van der Waals surface area contributed by atoms with Gasteiger partial charge < -0.3 is 15.4 Å². The summed E-state index contributed by atoms with van der Waals surface area (Å²) in [6.07, 6.45) is 2.52. The summed E-state index contributed by atoms with van der Waals surface area (Å²) in [5, 5.41) is 21.7. The van der Waals surface area contributed by atoms with Crippen LogP contribution < -0.4 is 16.0 Å². The highest BCUT2D eigenvalue weighted by Gasteiger charge is 2.23. The van der Waals surface area contributed by atoms with Crippen molar-refractivity contribution in [1.82, 2.24) is 14.6 Å². The van der Waals surface area contributed by atoms with E-state index >= 15 is 0 Å². The molecule has 9 nitrogen and oxygen atoms in total. The van der Waals surface area contributed by atoms with Crippen LogP contribution in [0.5, 0.6) is 0 Å². The lowest BCUT2D eigenvalue weighted by Gasteiger charge is -2.13. The highest BCUT2D eigenvalue weighted by Crippen LogP contribution is 2.31. The first-order valence-corrected chi connectivity index (χ1v) is 8.65. The van der Waals surface area contributed by atoms with Crippen molar-refractivity contribution in [2.75, 3.05) is 23.1 Å². The predicted molar refractivity (Wildman–Crippen MR) is 100 cm³/mol. The van der Waals surface area contributed by atoms with Crippen LogP contribution >= 0.6 is 0 Å². The topological polar surface area (TPSA) is 116 Å². The van der Waals surface area contributed by atoms with Gasteiger partial charge in [-0.25, -0.2) is 18.6 Å². The Balaban J connectivity index is 1.72. The van der Waals surface area contributed by atoms with Gasteiger partial charge in [0.2, 0.25) is 0 Å². The van der Waals surface area contributed by atoms with E-state index < -0.39 is 17.7 Å². The molecule has 2 heterocycles. The number of nitrogens with one attached hydrogen (secondary N) is 3. The summed E-state index contributed by atoms with van der Waals surface area (Å²) in [7, 11) is 1.13. The molecule has 1 fully saturated rings. The monoisotopic (exact) mass is 399 g/mol. The van der Waals surface area contributed by atoms with Crippen LogP contribution in [-0.4, -0.2) is 33.8 Å². The summed E-state index contributed by atoms with van der Waals surface area (Å²) < 4.78 is 34.0. The van der Waals surface area contributed by atoms with Gasteiger partial charge in [0, 0.05) is 18.2 Å². The van der Waals surface area contributed by atoms with Crippen molar-refractivity contribution in [2.24, 2.45) is 0 Å². The molecule has 0 aliphatic heterocycles. The number of rotatable bonds is 5. The van der Waals surface area contributed by atoms with Crippen molar-refractivity contribution in [3.63, 3.8) is 0 Å². The predicted octanol–water partition coefficient (Wildman–Crippen LogP) is 3.38. The molecule has 1 saturated carbocycles. The van der Waals surface area contributed by atoms with Crippen LogP contribution in [0.25, 0.3) is 5.65 Å². The van der Waals surface area contributed by atoms with Crippen molar-refractivity contribution >= 4 is 34.6 Å². The molecule has 0 unspecified atom stereocenters. The van der Waals surface area contributed by atoms with Crippen LogP contribution in [0.2, 0.25) is 0 Å². The van der Waals surface area contributed by atoms with E-state index in [0.717, 1.165) is 26.0 Å². The number of hydrogen-bond acceptors (Lipinski definition) is 7. The van der Waals surface area contributed by atoms with Crippen LogP contribution in [0, 0.1) is 23.0 Å². The van der Waals surface area contributed by atoms with E-state index in [1.54, 1.807) is 6.07 Å². The van der Waals surface area contributed by atoms with Crippen LogP contribution in [-0.2, 0) is 4.74 Å². The lowest BCUT2D eigenvalue weighted by atomic mass is 10.2. The molecule has 29 heavy (non-hydrogen) atoms. The Morgan fingerprint density at radius 3 is 2.69 bits per heavy atom. The number of hydrogen-bond donors (Lipinski definition) is 3. The second-order valence-corrected chi connectivity index (χ2v) is 6.41. The number of nitrogens with zero attached hydrogens (tertiary/aromatic N) is 4. The van der Waals surface area contributed by atoms with E-state index in [-0.39, 0.29) is 22.9 Å². The first-order valence-electron chi connectivity index (χ1n) is 8.65. The molecular formula is C18H15F2N7O2. The van der Waals surface area contributed by atoms with Crippen molar-refractivity contribution in [1.29, 1.82) is 5.26 Å². The second kappa shape index (κ2) is 7.23. The molecule has 0 saturated heterocycles. The molecule has 3 aromatic rings. The van der Waals surface area contributed by atoms with Gasteiger partial charge >= 0.3 is 6.09 Å². The highest BCUT2D eigenvalue weighted by atomic mass is 19.1. The zero-order valence-electron chi connectivity index (χ0n) is 15.2. The fourth-order valence-electron chi connectivity index (χ4n) is 2.70. The Hall–Kier alpha value is -3.94. The molecule has 1 amide bonds. The highest BCUT2D eigenvalue weighted by molar-refractivity contribution is 5.86. The molecule has 1 aromatic carbocycles. The summed E-state index contributed by atoms with van der Waals surface area (Å²) in [4.78, 5) is 15.6. The largest absolute Gasteiger partial charge is 0.453 e. The number of fused-ring (bicyclic) bond motifs is 1. The van der Waals surface area contributed by atoms with Crippen LogP contribution in [0.1, 0.15) is 18.5 Å². The maximum atomic E-state index is 14.3. The fourth-order valence-corrected chi connectivity index (χ4v) is 2.70. The van der Waals surface area contributed by atoms with Gasteiger partial charge in [0.05, 0.1) is 30.4 Å². The molecule has 0 radical (unpaired) electrons. The Kier molecular flexibility index (Phi) is 4.59. The molecular weight excluding hydrogens is 384 g/mol. The Bertz CT molecular complexity index is 1150. The summed E-state index contributed by atoms with van der Waals surface area (Å²) in [5.74, 6) is -1.65. The zero-order chi connectivity index (χ0) is 20.5. The van der Waals surface area contributed by atoms with E-state index in [9.17, 15) is 18.8 Å². The van der Waals surface area contributed by atoms with E-state index in [1.165, 1.54) is 10.7 Å². The number of carbonyl (C=O) groups is 1. The number of ether oxygens (including phenoxy) is 1. The average Bonchev–Trinajstić information content (AvgIpc) is 3.41. The second-order valence-electron chi connectivity index (χ2n) is 6.41. The van der Waals surface area contributed by atoms with Gasteiger partial charge in [-0.05, 0) is 18.9 Å². The maximum Gasteiger partial charge on any atom is 0.411 e. The zero-order valence-corrected chi connectivity index (χ0v) is 15.2. The normalized spacial score (nSPS) is 13.0. The van der Waals surface area contributed by atoms with Crippen molar-refractivity contribution < 1.29 is 18.3 Å². The van der Waals surface area contributed by atoms with E-state index in [2.05, 4.69) is 30.8 Å². The van der Waals surface area contributed by atoms with Crippen LogP contribution in [0.15, 0.2) is 24.4 Å². The number of amides is 1. The van der Waals surface area contributed by atoms with Gasteiger partial charge in [0.25, 0.3) is 0 Å². The molecule has 0 spiro atoms. The minimum atomic E-state index is -0.959. The summed E-state index contributed by atoms with van der Waals surface area (Å²) in [6, 6.07) is 5.63. The number of anilines is 4. The number of halogens is 2. The lowest BCUT2D eigenvalue weighted by molar-refractivity contribution is 0.187. The van der Waals surface area contributed by atoms with Gasteiger partial charge in [-0.15, -0.1) is 5.10 Å². The van der Waals surface area contributed by atoms with Gasteiger partial charge in [0.1, 0.15) is 17.7 Å². The van der Waals surface area contributed by atoms with Gasteiger partial charge in [-0.1, -0.05) is 0 Å². The summed E-state index contributed by atoms with van der Waals surface area (Å²) >= 11 is 0. The minimum Gasteiger partial charge on any atom is -0.453 e. The van der Waals surface area contributed by atoms with Gasteiger partial charge in [-0.2, -0.15) is 9.78 Å². The quantitative estimate of drug-likeness (QED) is 0.602. The third-order valence-corrected chi connectivity index (χ3v) is 4.26. The first kappa shape index (κ1) is 18.4. The Labute approximate surface area is 163 Å². The Morgan fingerprint density at radius 1 is 1.24 bits per heavy atom. The third-order valence-electron chi connectivity index (χ3n) is 4.26. The number of imidazole rings is 1. The summed E-state index contributed by atoms with van der Waals surface area (Å²) in [6.45, 7) is 0. The molecule has 4 rings (SSSR count). The molecule has 1 aliphatic rings. The standard InChI is InChI=1S/C18H15F2N7O2/c1-29-18(28)25-14-5-13(11(19)4-12(14)20)24-16-6-15(23-9-2-3-9)17-22-8-10(7-21)27(17)26-16/h4-6,8-9,23H,2-3H2,1H3,(H,24,26)(H,25,28).